The third-order valence-corrected chi connectivity index (χ3v) is 7.56. The van der Waals surface area contributed by atoms with Gasteiger partial charge in [-0.05, 0) is 58.9 Å². The number of piperidine rings is 1. The van der Waals surface area contributed by atoms with Crippen LogP contribution < -0.4 is 10.2 Å². The van der Waals surface area contributed by atoms with Crippen molar-refractivity contribution in [3.05, 3.63) is 18.5 Å². The number of carbonyl (C=O) groups is 1. The molecule has 3 aromatic rings. The summed E-state index contributed by atoms with van der Waals surface area (Å²) in [6, 6.07) is 1.74. The van der Waals surface area contributed by atoms with Gasteiger partial charge < -0.3 is 20.2 Å². The Hall–Kier alpha value is -3.21. The van der Waals surface area contributed by atoms with E-state index in [2.05, 4.69) is 25.6 Å². The van der Waals surface area contributed by atoms with Crippen molar-refractivity contribution in [2.75, 3.05) is 29.9 Å². The number of H-pyrrole nitrogens is 1. The largest absolute Gasteiger partial charge is 0.386 e. The number of carbonyl (C=O) groups excluding carboxylic acids is 1. The number of nitrogens with one attached hydrogen (secondary N) is 2. The maximum absolute atomic E-state index is 14.7. The minimum atomic E-state index is -1.47. The number of anilines is 2. The smallest absolute Gasteiger partial charge is 0.322 e. The number of aromatic nitrogens is 5. The Morgan fingerprint density at radius 1 is 1.25 bits per heavy atom. The lowest BCUT2D eigenvalue weighted by Gasteiger charge is -2.44. The Morgan fingerprint density at radius 3 is 2.72 bits per heavy atom. The molecule has 10 nitrogen and oxygen atoms in total. The molecule has 5 heterocycles. The number of alkyl halides is 1. The molecular weight excluding hydrogens is 463 g/mol. The van der Waals surface area contributed by atoms with Crippen molar-refractivity contribution in [3.8, 4) is 11.4 Å². The number of β-amino-alcohol motifs (C(OH)–C–C–N with tert-alkyl or cyclic N) is 1. The molecule has 3 fully saturated rings. The highest BCUT2D eigenvalue weighted by Gasteiger charge is 2.51. The molecule has 6 rings (SSSR count). The number of rotatable bonds is 5. The average molecular weight is 497 g/mol. The van der Waals surface area contributed by atoms with Crippen LogP contribution >= 0.6 is 0 Å². The predicted octanol–water partition coefficient (Wildman–Crippen LogP) is 3.69. The summed E-state index contributed by atoms with van der Waals surface area (Å²) in [5.74, 6) is 0.679. The van der Waals surface area contributed by atoms with Crippen molar-refractivity contribution in [3.63, 3.8) is 0 Å². The monoisotopic (exact) mass is 496 g/mol. The summed E-state index contributed by atoms with van der Waals surface area (Å²) in [4.78, 5) is 21.8. The van der Waals surface area contributed by atoms with Gasteiger partial charge in [-0.2, -0.15) is 10.2 Å². The van der Waals surface area contributed by atoms with Crippen molar-refractivity contribution in [2.45, 2.75) is 76.2 Å². The molecule has 2 amide bonds. The SMILES string of the molecule is CC(C)(F)Cn1nc(N2CC(C)(O)C2)c2cnc(-c3[nH]ncc3NC(=O)N3CCCCC34CC4)cc21. The van der Waals surface area contributed by atoms with E-state index in [9.17, 15) is 14.3 Å². The zero-order chi connectivity index (χ0) is 25.3. The summed E-state index contributed by atoms with van der Waals surface area (Å²) in [7, 11) is 0. The van der Waals surface area contributed by atoms with Gasteiger partial charge >= 0.3 is 6.03 Å². The van der Waals surface area contributed by atoms with Crippen LogP contribution in [-0.4, -0.2) is 77.4 Å². The van der Waals surface area contributed by atoms with Crippen LogP contribution in [0.2, 0.25) is 0 Å². The first-order chi connectivity index (χ1) is 17.0. The number of aromatic amines is 1. The number of nitrogens with zero attached hydrogens (tertiary/aromatic N) is 6. The second-order valence-corrected chi connectivity index (χ2v) is 11.6. The molecule has 0 unspecified atom stereocenters. The Labute approximate surface area is 208 Å². The second-order valence-electron chi connectivity index (χ2n) is 11.6. The molecule has 192 valence electrons. The van der Waals surface area contributed by atoms with Gasteiger partial charge in [-0.15, -0.1) is 0 Å². The van der Waals surface area contributed by atoms with Crippen molar-refractivity contribution in [2.24, 2.45) is 0 Å². The van der Waals surface area contributed by atoms with E-state index in [4.69, 9.17) is 0 Å². The second kappa shape index (κ2) is 7.89. The van der Waals surface area contributed by atoms with Crippen LogP contribution in [0.5, 0.6) is 0 Å². The highest BCUT2D eigenvalue weighted by Crippen LogP contribution is 2.48. The maximum atomic E-state index is 14.7. The highest BCUT2D eigenvalue weighted by molar-refractivity contribution is 5.96. The van der Waals surface area contributed by atoms with Crippen LogP contribution in [0.15, 0.2) is 18.5 Å². The third kappa shape index (κ3) is 4.08. The van der Waals surface area contributed by atoms with Gasteiger partial charge in [-0.1, -0.05) is 0 Å². The predicted molar refractivity (Wildman–Crippen MR) is 135 cm³/mol. The van der Waals surface area contributed by atoms with Gasteiger partial charge in [0.15, 0.2) is 5.82 Å². The molecule has 0 radical (unpaired) electrons. The number of likely N-dealkylation sites (tertiary alicyclic amines) is 1. The fourth-order valence-corrected chi connectivity index (χ4v) is 5.66. The zero-order valence-electron chi connectivity index (χ0n) is 21.0. The van der Waals surface area contributed by atoms with Crippen molar-refractivity contribution >= 4 is 28.4 Å². The van der Waals surface area contributed by atoms with Gasteiger partial charge in [0, 0.05) is 31.4 Å². The number of hydrogen-bond donors (Lipinski definition) is 3. The van der Waals surface area contributed by atoms with Crippen molar-refractivity contribution in [1.82, 2.24) is 29.9 Å². The number of urea groups is 1. The van der Waals surface area contributed by atoms with Crippen LogP contribution in [0.3, 0.4) is 0 Å². The first-order valence-corrected chi connectivity index (χ1v) is 12.7. The summed E-state index contributed by atoms with van der Waals surface area (Å²) in [5, 5.41) is 25.9. The van der Waals surface area contributed by atoms with E-state index in [-0.39, 0.29) is 18.1 Å². The molecule has 0 aromatic carbocycles. The molecule has 1 aliphatic carbocycles. The van der Waals surface area contributed by atoms with E-state index in [0.29, 0.717) is 36.0 Å². The minimum Gasteiger partial charge on any atom is -0.386 e. The molecule has 2 aliphatic heterocycles. The van der Waals surface area contributed by atoms with E-state index in [1.807, 2.05) is 15.9 Å². The van der Waals surface area contributed by atoms with Gasteiger partial charge in [-0.3, -0.25) is 14.8 Å². The molecule has 0 bridgehead atoms. The van der Waals surface area contributed by atoms with Gasteiger partial charge in [0.1, 0.15) is 11.4 Å². The van der Waals surface area contributed by atoms with E-state index in [1.165, 1.54) is 20.3 Å². The number of hydrogen-bond acceptors (Lipinski definition) is 6. The van der Waals surface area contributed by atoms with Crippen LogP contribution in [0.4, 0.5) is 20.7 Å². The van der Waals surface area contributed by atoms with Crippen molar-refractivity contribution in [1.29, 1.82) is 0 Å². The summed E-state index contributed by atoms with van der Waals surface area (Å²) < 4.78 is 16.3. The molecule has 0 atom stereocenters. The zero-order valence-corrected chi connectivity index (χ0v) is 21.0. The van der Waals surface area contributed by atoms with Gasteiger partial charge in [-0.25, -0.2) is 9.18 Å². The minimum absolute atomic E-state index is 0.0347. The summed E-state index contributed by atoms with van der Waals surface area (Å²) in [6.07, 6.45) is 8.72. The normalized spacial score (nSPS) is 20.6. The maximum Gasteiger partial charge on any atom is 0.322 e. The Bertz CT molecular complexity index is 1310. The Balaban J connectivity index is 1.32. The molecule has 3 aromatic heterocycles. The van der Waals surface area contributed by atoms with Crippen molar-refractivity contribution < 1.29 is 14.3 Å². The van der Waals surface area contributed by atoms with Gasteiger partial charge in [0.2, 0.25) is 0 Å². The third-order valence-electron chi connectivity index (χ3n) is 7.56. The molecule has 11 heteroatoms. The number of aliphatic hydroxyl groups is 1. The molecule has 3 aliphatic rings. The number of halogens is 1. The number of fused-ring (bicyclic) bond motifs is 1. The quantitative estimate of drug-likeness (QED) is 0.496. The molecule has 1 spiro atoms. The van der Waals surface area contributed by atoms with Gasteiger partial charge in [0.05, 0.1) is 40.6 Å². The lowest BCUT2D eigenvalue weighted by molar-refractivity contribution is 0.0305. The van der Waals surface area contributed by atoms with E-state index >= 15 is 0 Å². The fraction of sp³-hybridized carbons (Fsp3) is 0.600. The molecule has 36 heavy (non-hydrogen) atoms. The number of amides is 2. The topological polar surface area (TPSA) is 115 Å². The van der Waals surface area contributed by atoms with E-state index in [1.54, 1.807) is 24.0 Å². The fourth-order valence-electron chi connectivity index (χ4n) is 5.66. The summed E-state index contributed by atoms with van der Waals surface area (Å²) in [5.41, 5.74) is 0.256. The first-order valence-electron chi connectivity index (χ1n) is 12.7. The molecular formula is C25H33FN8O2. The highest BCUT2D eigenvalue weighted by atomic mass is 19.1. The average Bonchev–Trinajstić information content (AvgIpc) is 3.24. The van der Waals surface area contributed by atoms with E-state index in [0.717, 1.165) is 43.1 Å². The summed E-state index contributed by atoms with van der Waals surface area (Å²) in [6.45, 7) is 6.57. The van der Waals surface area contributed by atoms with Crippen LogP contribution in [-0.2, 0) is 6.54 Å². The molecule has 1 saturated carbocycles. The Morgan fingerprint density at radius 2 is 2.03 bits per heavy atom. The Kier molecular flexibility index (Phi) is 5.09. The first kappa shape index (κ1) is 23.2. The standard InChI is InChI=1S/C25H33FN8O2/c1-23(2,26)13-34-19-10-17(27-11-16(19)21(31-34)32-14-24(3,36)15-32)20-18(12-28-30-20)29-22(35)33-9-5-4-6-25(33)7-8-25/h10-12,36H,4-9,13-15H2,1-3H3,(H,28,30)(H,29,35). The van der Waals surface area contributed by atoms with Crippen LogP contribution in [0, 0.1) is 0 Å². The summed E-state index contributed by atoms with van der Waals surface area (Å²) >= 11 is 0. The molecule has 2 saturated heterocycles. The lowest BCUT2D eigenvalue weighted by atomic mass is 9.97. The van der Waals surface area contributed by atoms with E-state index < -0.39 is 11.3 Å². The number of pyridine rings is 1. The van der Waals surface area contributed by atoms with Crippen LogP contribution in [0.25, 0.3) is 22.3 Å². The van der Waals surface area contributed by atoms with Crippen LogP contribution in [0.1, 0.15) is 52.9 Å². The molecule has 3 N–H and O–H groups in total. The lowest BCUT2D eigenvalue weighted by Crippen LogP contribution is -2.60. The van der Waals surface area contributed by atoms with Gasteiger partial charge in [0.25, 0.3) is 0 Å².